The monoisotopic (exact) mass is 246 g/mol. The molecule has 0 bridgehead atoms. The first kappa shape index (κ1) is 11.8. The summed E-state index contributed by atoms with van der Waals surface area (Å²) in [6.07, 6.45) is 0. The number of nitro benzene ring substituents is 1. The van der Waals surface area contributed by atoms with Crippen molar-refractivity contribution in [1.82, 2.24) is 0 Å². The van der Waals surface area contributed by atoms with Crippen LogP contribution in [0.1, 0.15) is 5.76 Å². The van der Waals surface area contributed by atoms with Gasteiger partial charge < -0.3 is 9.15 Å². The first-order valence-corrected chi connectivity index (χ1v) is 5.09. The third-order valence-corrected chi connectivity index (χ3v) is 2.40. The molecule has 0 radical (unpaired) electrons. The van der Waals surface area contributed by atoms with Gasteiger partial charge in [0.25, 0.3) is 5.69 Å². The van der Waals surface area contributed by atoms with E-state index in [1.54, 1.807) is 24.3 Å². The number of methoxy groups -OCH3 is 1. The lowest BCUT2D eigenvalue weighted by molar-refractivity contribution is -0.384. The fraction of sp³-hybridized carbons (Fsp3) is 0.0833. The number of rotatable bonds is 3. The molecule has 0 atom stereocenters. The maximum Gasteiger partial charge on any atom is 0.269 e. The van der Waals surface area contributed by atoms with Crippen LogP contribution in [0.3, 0.4) is 0 Å². The van der Waals surface area contributed by atoms with Crippen LogP contribution in [0.4, 0.5) is 5.69 Å². The van der Waals surface area contributed by atoms with Gasteiger partial charge >= 0.3 is 0 Å². The summed E-state index contributed by atoms with van der Waals surface area (Å²) in [6, 6.07) is 9.29. The Kier molecular flexibility index (Phi) is 3.09. The molecule has 0 aliphatic heterocycles. The third-order valence-electron chi connectivity index (χ3n) is 2.40. The van der Waals surface area contributed by atoms with Crippen molar-refractivity contribution >= 4 is 11.6 Å². The molecule has 0 unspecified atom stereocenters. The predicted molar refractivity (Wildman–Crippen MR) is 64.6 cm³/mol. The Bertz CT molecular complexity index is 586. The molecule has 0 aliphatic rings. The lowest BCUT2D eigenvalue weighted by Crippen LogP contribution is -1.98. The van der Waals surface area contributed by atoms with E-state index in [1.165, 1.54) is 19.2 Å². The molecule has 1 N–H and O–H groups in total. The predicted octanol–water partition coefficient (Wildman–Crippen LogP) is 2.83. The van der Waals surface area contributed by atoms with E-state index in [4.69, 9.17) is 14.6 Å². The molecule has 6 nitrogen and oxygen atoms in total. The lowest BCUT2D eigenvalue weighted by atomic mass is 10.1. The summed E-state index contributed by atoms with van der Waals surface area (Å²) < 4.78 is 10.1. The zero-order valence-corrected chi connectivity index (χ0v) is 9.54. The van der Waals surface area contributed by atoms with E-state index < -0.39 is 4.92 Å². The average molecular weight is 246 g/mol. The summed E-state index contributed by atoms with van der Waals surface area (Å²) in [5, 5.41) is 18.0. The van der Waals surface area contributed by atoms with Crippen LogP contribution in [0.25, 0.3) is 11.3 Å². The summed E-state index contributed by atoms with van der Waals surface area (Å²) in [5.74, 6) is 0.774. The second-order valence-electron chi connectivity index (χ2n) is 3.50. The van der Waals surface area contributed by atoms with Crippen LogP contribution in [-0.2, 0) is 4.74 Å². The van der Waals surface area contributed by atoms with E-state index in [2.05, 4.69) is 0 Å². The van der Waals surface area contributed by atoms with Gasteiger partial charge in [-0.1, -0.05) is 0 Å². The van der Waals surface area contributed by atoms with Crippen molar-refractivity contribution < 1.29 is 14.1 Å². The van der Waals surface area contributed by atoms with E-state index in [-0.39, 0.29) is 11.6 Å². The Morgan fingerprint density at radius 1 is 1.28 bits per heavy atom. The van der Waals surface area contributed by atoms with Crippen molar-refractivity contribution in [3.05, 3.63) is 52.3 Å². The highest BCUT2D eigenvalue weighted by Gasteiger charge is 2.10. The Morgan fingerprint density at radius 2 is 1.94 bits per heavy atom. The molecule has 0 amide bonds. The molecule has 0 saturated heterocycles. The number of hydrogen-bond acceptors (Lipinski definition) is 5. The molecule has 2 aromatic rings. The number of ether oxygens (including phenoxy) is 1. The zero-order valence-electron chi connectivity index (χ0n) is 9.54. The van der Waals surface area contributed by atoms with E-state index in [0.717, 1.165) is 0 Å². The lowest BCUT2D eigenvalue weighted by Gasteiger charge is -1.98. The van der Waals surface area contributed by atoms with Gasteiger partial charge in [0, 0.05) is 17.7 Å². The highest BCUT2D eigenvalue weighted by Crippen LogP contribution is 2.24. The van der Waals surface area contributed by atoms with Crippen LogP contribution < -0.4 is 0 Å². The van der Waals surface area contributed by atoms with Crippen molar-refractivity contribution in [2.24, 2.45) is 0 Å². The Hall–Kier alpha value is -2.63. The maximum absolute atomic E-state index is 10.5. The topological polar surface area (TPSA) is 89.4 Å². The SMILES string of the molecule is COC(=N)c1ccc(-c2ccc([N+](=O)[O-])cc2)o1. The summed E-state index contributed by atoms with van der Waals surface area (Å²) >= 11 is 0. The molecule has 0 saturated carbocycles. The quantitative estimate of drug-likeness (QED) is 0.390. The second-order valence-corrected chi connectivity index (χ2v) is 3.50. The van der Waals surface area contributed by atoms with Gasteiger partial charge in [-0.05, 0) is 24.3 Å². The molecule has 18 heavy (non-hydrogen) atoms. The van der Waals surface area contributed by atoms with Gasteiger partial charge in [-0.2, -0.15) is 0 Å². The van der Waals surface area contributed by atoms with Gasteiger partial charge in [0.05, 0.1) is 12.0 Å². The number of benzene rings is 1. The summed E-state index contributed by atoms with van der Waals surface area (Å²) in [7, 11) is 1.39. The molecule has 2 rings (SSSR count). The van der Waals surface area contributed by atoms with Crippen LogP contribution >= 0.6 is 0 Å². The number of nitro groups is 1. The Balaban J connectivity index is 2.29. The van der Waals surface area contributed by atoms with Crippen LogP contribution in [0, 0.1) is 15.5 Å². The normalized spacial score (nSPS) is 10.1. The molecular weight excluding hydrogens is 236 g/mol. The largest absolute Gasteiger partial charge is 0.479 e. The van der Waals surface area contributed by atoms with Gasteiger partial charge in [0.1, 0.15) is 5.76 Å². The van der Waals surface area contributed by atoms with Crippen molar-refractivity contribution in [3.8, 4) is 11.3 Å². The van der Waals surface area contributed by atoms with Gasteiger partial charge in [-0.3, -0.25) is 15.5 Å². The molecule has 1 heterocycles. The smallest absolute Gasteiger partial charge is 0.269 e. The fourth-order valence-corrected chi connectivity index (χ4v) is 1.46. The number of nitrogens with one attached hydrogen (secondary N) is 1. The van der Waals surface area contributed by atoms with Crippen LogP contribution in [0.15, 0.2) is 40.8 Å². The highest BCUT2D eigenvalue weighted by atomic mass is 16.6. The van der Waals surface area contributed by atoms with Crippen LogP contribution in [0.2, 0.25) is 0 Å². The average Bonchev–Trinajstić information content (AvgIpc) is 2.87. The molecule has 0 aliphatic carbocycles. The molecule has 1 aromatic heterocycles. The van der Waals surface area contributed by atoms with Crippen molar-refractivity contribution in [2.45, 2.75) is 0 Å². The van der Waals surface area contributed by atoms with Gasteiger partial charge in [-0.25, -0.2) is 0 Å². The minimum absolute atomic E-state index is 0.0233. The standard InChI is InChI=1S/C12H10N2O4/c1-17-12(13)11-7-6-10(18-11)8-2-4-9(5-3-8)14(15)16/h2-7,13H,1H3. The number of nitrogens with zero attached hydrogens (tertiary/aromatic N) is 1. The van der Waals surface area contributed by atoms with Crippen molar-refractivity contribution in [3.63, 3.8) is 0 Å². The first-order chi connectivity index (χ1) is 8.61. The van der Waals surface area contributed by atoms with E-state index in [9.17, 15) is 10.1 Å². The second kappa shape index (κ2) is 4.70. The Labute approximate surface area is 102 Å². The zero-order chi connectivity index (χ0) is 13.1. The number of non-ortho nitro benzene ring substituents is 1. The van der Waals surface area contributed by atoms with Crippen LogP contribution in [0.5, 0.6) is 0 Å². The van der Waals surface area contributed by atoms with E-state index in [1.807, 2.05) is 0 Å². The first-order valence-electron chi connectivity index (χ1n) is 5.09. The maximum atomic E-state index is 10.5. The van der Waals surface area contributed by atoms with Gasteiger partial charge in [-0.15, -0.1) is 0 Å². The molecule has 92 valence electrons. The third kappa shape index (κ3) is 2.22. The molecule has 1 aromatic carbocycles. The number of furan rings is 1. The fourth-order valence-electron chi connectivity index (χ4n) is 1.46. The van der Waals surface area contributed by atoms with E-state index in [0.29, 0.717) is 17.1 Å². The molecular formula is C12H10N2O4. The number of hydrogen-bond donors (Lipinski definition) is 1. The summed E-state index contributed by atoms with van der Waals surface area (Å²) in [5.41, 5.74) is 0.728. The minimum atomic E-state index is -0.460. The molecule has 0 fully saturated rings. The minimum Gasteiger partial charge on any atom is -0.479 e. The van der Waals surface area contributed by atoms with Crippen molar-refractivity contribution in [2.75, 3.05) is 7.11 Å². The van der Waals surface area contributed by atoms with Crippen molar-refractivity contribution in [1.29, 1.82) is 5.41 Å². The Morgan fingerprint density at radius 3 is 2.50 bits per heavy atom. The van der Waals surface area contributed by atoms with Gasteiger partial charge in [0.15, 0.2) is 5.76 Å². The van der Waals surface area contributed by atoms with E-state index >= 15 is 0 Å². The molecule has 0 spiro atoms. The summed E-state index contributed by atoms with van der Waals surface area (Å²) in [4.78, 5) is 10.1. The van der Waals surface area contributed by atoms with Gasteiger partial charge in [0.2, 0.25) is 5.90 Å². The highest BCUT2D eigenvalue weighted by molar-refractivity contribution is 5.89. The van der Waals surface area contributed by atoms with Crippen LogP contribution in [-0.4, -0.2) is 17.9 Å². The summed E-state index contributed by atoms with van der Waals surface area (Å²) in [6.45, 7) is 0. The molecule has 6 heteroatoms.